The fraction of sp³-hybridized carbons (Fsp3) is 0.600. The Balaban J connectivity index is 2.20. The van der Waals surface area contributed by atoms with Crippen LogP contribution in [0.15, 0.2) is 18.2 Å². The van der Waals surface area contributed by atoms with Crippen LogP contribution < -0.4 is 5.73 Å². The zero-order valence-corrected chi connectivity index (χ0v) is 10.7. The normalized spacial score (nSPS) is 27.0. The number of aryl methyl sites for hydroxylation is 2. The second kappa shape index (κ2) is 4.58. The van der Waals surface area contributed by atoms with Gasteiger partial charge in [-0.3, -0.25) is 0 Å². The van der Waals surface area contributed by atoms with Gasteiger partial charge in [0.1, 0.15) is 0 Å². The van der Waals surface area contributed by atoms with Crippen molar-refractivity contribution in [2.24, 2.45) is 17.6 Å². The predicted molar refractivity (Wildman–Crippen MR) is 69.3 cm³/mol. The molecule has 0 heterocycles. The van der Waals surface area contributed by atoms with E-state index < -0.39 is 0 Å². The van der Waals surface area contributed by atoms with E-state index in [0.29, 0.717) is 5.92 Å². The fourth-order valence-corrected chi connectivity index (χ4v) is 2.95. The molecule has 0 aliphatic heterocycles. The first kappa shape index (κ1) is 11.7. The molecule has 1 aliphatic rings. The molecule has 1 aromatic carbocycles. The van der Waals surface area contributed by atoms with Crippen LogP contribution in [0.3, 0.4) is 0 Å². The average Bonchev–Trinajstić information content (AvgIpc) is 2.67. The third-order valence-electron chi connectivity index (χ3n) is 4.04. The molecule has 1 aromatic rings. The third kappa shape index (κ3) is 2.30. The lowest BCUT2D eigenvalue weighted by Crippen LogP contribution is -2.20. The minimum absolute atomic E-state index is 0.241. The van der Waals surface area contributed by atoms with E-state index in [-0.39, 0.29) is 6.04 Å². The summed E-state index contributed by atoms with van der Waals surface area (Å²) in [6.07, 6.45) is 3.95. The first-order valence-corrected chi connectivity index (χ1v) is 6.40. The van der Waals surface area contributed by atoms with Gasteiger partial charge in [-0.1, -0.05) is 37.1 Å². The quantitative estimate of drug-likeness (QED) is 0.802. The molecule has 0 radical (unpaired) electrons. The minimum Gasteiger partial charge on any atom is -0.324 e. The van der Waals surface area contributed by atoms with E-state index in [4.69, 9.17) is 5.73 Å². The predicted octanol–water partition coefficient (Wildman–Crippen LogP) is 3.74. The van der Waals surface area contributed by atoms with Gasteiger partial charge >= 0.3 is 0 Å². The summed E-state index contributed by atoms with van der Waals surface area (Å²) in [6, 6.07) is 6.87. The van der Waals surface area contributed by atoms with Gasteiger partial charge in [0.2, 0.25) is 0 Å². The topological polar surface area (TPSA) is 26.0 Å². The van der Waals surface area contributed by atoms with Crippen LogP contribution in [0.2, 0.25) is 0 Å². The second-order valence-electron chi connectivity index (χ2n) is 5.56. The maximum atomic E-state index is 6.43. The van der Waals surface area contributed by atoms with E-state index in [1.165, 1.54) is 36.0 Å². The van der Waals surface area contributed by atoms with Gasteiger partial charge in [0.25, 0.3) is 0 Å². The van der Waals surface area contributed by atoms with E-state index in [1.54, 1.807) is 0 Å². The molecule has 0 saturated heterocycles. The van der Waals surface area contributed by atoms with Crippen molar-refractivity contribution in [2.75, 3.05) is 0 Å². The Labute approximate surface area is 99.0 Å². The molecule has 0 spiro atoms. The van der Waals surface area contributed by atoms with Crippen LogP contribution in [0.4, 0.5) is 0 Å². The van der Waals surface area contributed by atoms with Gasteiger partial charge in [-0.15, -0.1) is 0 Å². The van der Waals surface area contributed by atoms with Crippen molar-refractivity contribution >= 4 is 0 Å². The van der Waals surface area contributed by atoms with E-state index in [2.05, 4.69) is 39.0 Å². The van der Waals surface area contributed by atoms with Crippen molar-refractivity contribution in [3.8, 4) is 0 Å². The highest BCUT2D eigenvalue weighted by Gasteiger charge is 2.28. The van der Waals surface area contributed by atoms with E-state index >= 15 is 0 Å². The highest BCUT2D eigenvalue weighted by Crippen LogP contribution is 2.38. The average molecular weight is 217 g/mol. The van der Waals surface area contributed by atoms with Crippen LogP contribution >= 0.6 is 0 Å². The zero-order valence-electron chi connectivity index (χ0n) is 10.7. The maximum absolute atomic E-state index is 6.43. The molecular weight excluding hydrogens is 194 g/mol. The Morgan fingerprint density at radius 3 is 2.62 bits per heavy atom. The highest BCUT2D eigenvalue weighted by molar-refractivity contribution is 5.33. The Hall–Kier alpha value is -0.820. The van der Waals surface area contributed by atoms with E-state index in [9.17, 15) is 0 Å². The maximum Gasteiger partial charge on any atom is 0.0326 e. The van der Waals surface area contributed by atoms with Crippen molar-refractivity contribution in [3.05, 3.63) is 34.9 Å². The van der Waals surface area contributed by atoms with Crippen molar-refractivity contribution in [2.45, 2.75) is 46.1 Å². The Bertz CT molecular complexity index is 370. The SMILES string of the molecule is Cc1ccc(C)c(C(N)C2CCC(C)C2)c1. The van der Waals surface area contributed by atoms with Gasteiger partial charge in [-0.2, -0.15) is 0 Å². The minimum atomic E-state index is 0.241. The highest BCUT2D eigenvalue weighted by atomic mass is 14.7. The molecule has 1 nitrogen and oxygen atoms in total. The summed E-state index contributed by atoms with van der Waals surface area (Å²) in [5.41, 5.74) is 10.5. The van der Waals surface area contributed by atoms with Crippen LogP contribution in [0.5, 0.6) is 0 Å². The van der Waals surface area contributed by atoms with Crippen molar-refractivity contribution in [1.29, 1.82) is 0 Å². The lowest BCUT2D eigenvalue weighted by atomic mass is 9.88. The number of rotatable bonds is 2. The van der Waals surface area contributed by atoms with Gasteiger partial charge in [-0.25, -0.2) is 0 Å². The van der Waals surface area contributed by atoms with Crippen molar-refractivity contribution in [3.63, 3.8) is 0 Å². The molecule has 1 saturated carbocycles. The Morgan fingerprint density at radius 1 is 1.25 bits per heavy atom. The van der Waals surface area contributed by atoms with Gasteiger partial charge < -0.3 is 5.73 Å². The van der Waals surface area contributed by atoms with Crippen molar-refractivity contribution in [1.82, 2.24) is 0 Å². The molecule has 0 amide bonds. The van der Waals surface area contributed by atoms with Gasteiger partial charge in [0.05, 0.1) is 0 Å². The molecule has 1 heteroatoms. The van der Waals surface area contributed by atoms with Crippen LogP contribution in [0.1, 0.15) is 48.9 Å². The Kier molecular flexibility index (Phi) is 3.34. The summed E-state index contributed by atoms with van der Waals surface area (Å²) >= 11 is 0. The second-order valence-corrected chi connectivity index (χ2v) is 5.56. The third-order valence-corrected chi connectivity index (χ3v) is 4.04. The summed E-state index contributed by atoms with van der Waals surface area (Å²) in [5.74, 6) is 1.55. The van der Waals surface area contributed by atoms with Crippen LogP contribution in [-0.2, 0) is 0 Å². The monoisotopic (exact) mass is 217 g/mol. The number of benzene rings is 1. The van der Waals surface area contributed by atoms with Crippen LogP contribution in [0, 0.1) is 25.7 Å². The molecule has 1 aliphatic carbocycles. The summed E-state index contributed by atoms with van der Waals surface area (Å²) in [7, 11) is 0. The molecular formula is C15H23N. The smallest absolute Gasteiger partial charge is 0.0326 e. The Morgan fingerprint density at radius 2 is 2.00 bits per heavy atom. The zero-order chi connectivity index (χ0) is 11.7. The molecule has 2 N–H and O–H groups in total. The first-order chi connectivity index (χ1) is 7.58. The molecule has 3 unspecified atom stereocenters. The molecule has 2 rings (SSSR count). The summed E-state index contributed by atoms with van der Waals surface area (Å²) in [6.45, 7) is 6.66. The van der Waals surface area contributed by atoms with Gasteiger partial charge in [0.15, 0.2) is 0 Å². The fourth-order valence-electron chi connectivity index (χ4n) is 2.95. The number of hydrogen-bond acceptors (Lipinski definition) is 1. The van der Waals surface area contributed by atoms with Gasteiger partial charge in [-0.05, 0) is 49.7 Å². The summed E-state index contributed by atoms with van der Waals surface area (Å²) in [5, 5.41) is 0. The van der Waals surface area contributed by atoms with Crippen LogP contribution in [-0.4, -0.2) is 0 Å². The van der Waals surface area contributed by atoms with Crippen LogP contribution in [0.25, 0.3) is 0 Å². The molecule has 16 heavy (non-hydrogen) atoms. The number of hydrogen-bond donors (Lipinski definition) is 1. The molecule has 0 aromatic heterocycles. The van der Waals surface area contributed by atoms with E-state index in [0.717, 1.165) is 5.92 Å². The summed E-state index contributed by atoms with van der Waals surface area (Å²) < 4.78 is 0. The molecule has 1 fully saturated rings. The number of nitrogens with two attached hydrogens (primary N) is 1. The first-order valence-electron chi connectivity index (χ1n) is 6.40. The lowest BCUT2D eigenvalue weighted by Gasteiger charge is -2.22. The standard InChI is InChI=1S/C15H23N/c1-10-5-7-13(8-10)15(16)14-9-11(2)4-6-12(14)3/h4,6,9-10,13,15H,5,7-8,16H2,1-3H3. The largest absolute Gasteiger partial charge is 0.324 e. The molecule has 0 bridgehead atoms. The van der Waals surface area contributed by atoms with Crippen molar-refractivity contribution < 1.29 is 0 Å². The molecule has 3 atom stereocenters. The van der Waals surface area contributed by atoms with E-state index in [1.807, 2.05) is 0 Å². The van der Waals surface area contributed by atoms with Gasteiger partial charge in [0, 0.05) is 6.04 Å². The summed E-state index contributed by atoms with van der Waals surface area (Å²) in [4.78, 5) is 0. The molecule has 88 valence electrons. The lowest BCUT2D eigenvalue weighted by molar-refractivity contribution is 0.427.